The highest BCUT2D eigenvalue weighted by Crippen LogP contribution is 2.25. The molecule has 0 bridgehead atoms. The summed E-state index contributed by atoms with van der Waals surface area (Å²) in [7, 11) is 0. The summed E-state index contributed by atoms with van der Waals surface area (Å²) in [6.45, 7) is 8.33. The van der Waals surface area contributed by atoms with E-state index in [0.717, 1.165) is 23.4 Å². The van der Waals surface area contributed by atoms with Crippen LogP contribution in [0.15, 0.2) is 24.3 Å². The second kappa shape index (κ2) is 4.96. The van der Waals surface area contributed by atoms with E-state index in [1.165, 1.54) is 27.8 Å². The van der Waals surface area contributed by atoms with E-state index in [1.54, 1.807) is 0 Å². The standard InChI is InChI=1S/C17H22N2/c1-10-5-15(13(4)17(19)6-10)9-14-7-12(3)16(18)8-11(14)2/h5-8H,9,18-19H2,1-4H3. The number of aryl methyl sites for hydroxylation is 3. The third kappa shape index (κ3) is 2.73. The van der Waals surface area contributed by atoms with Gasteiger partial charge in [0, 0.05) is 11.4 Å². The lowest BCUT2D eigenvalue weighted by Crippen LogP contribution is -2.01. The van der Waals surface area contributed by atoms with Gasteiger partial charge in [-0.1, -0.05) is 12.1 Å². The van der Waals surface area contributed by atoms with Crippen molar-refractivity contribution in [1.82, 2.24) is 0 Å². The van der Waals surface area contributed by atoms with Gasteiger partial charge in [0.1, 0.15) is 0 Å². The molecule has 0 fully saturated rings. The van der Waals surface area contributed by atoms with Crippen molar-refractivity contribution in [2.45, 2.75) is 34.1 Å². The highest BCUT2D eigenvalue weighted by Gasteiger charge is 2.08. The van der Waals surface area contributed by atoms with Crippen LogP contribution in [0.3, 0.4) is 0 Å². The van der Waals surface area contributed by atoms with Crippen LogP contribution < -0.4 is 11.5 Å². The number of rotatable bonds is 2. The van der Waals surface area contributed by atoms with Gasteiger partial charge < -0.3 is 11.5 Å². The van der Waals surface area contributed by atoms with Crippen LogP contribution in [0.5, 0.6) is 0 Å². The summed E-state index contributed by atoms with van der Waals surface area (Å²) in [6, 6.07) is 8.48. The van der Waals surface area contributed by atoms with Crippen LogP contribution in [0.1, 0.15) is 33.4 Å². The van der Waals surface area contributed by atoms with E-state index in [1.807, 2.05) is 6.07 Å². The van der Waals surface area contributed by atoms with Crippen LogP contribution in [0.2, 0.25) is 0 Å². The van der Waals surface area contributed by atoms with Crippen molar-refractivity contribution >= 4 is 11.4 Å². The lowest BCUT2D eigenvalue weighted by molar-refractivity contribution is 1.12. The van der Waals surface area contributed by atoms with Crippen molar-refractivity contribution in [3.63, 3.8) is 0 Å². The van der Waals surface area contributed by atoms with Crippen molar-refractivity contribution in [2.75, 3.05) is 11.5 Å². The predicted octanol–water partition coefficient (Wildman–Crippen LogP) is 3.68. The molecule has 0 heterocycles. The molecule has 100 valence electrons. The molecule has 0 amide bonds. The molecule has 0 saturated heterocycles. The number of nitrogen functional groups attached to an aromatic ring is 2. The van der Waals surface area contributed by atoms with Crippen molar-refractivity contribution in [1.29, 1.82) is 0 Å². The largest absolute Gasteiger partial charge is 0.399 e. The summed E-state index contributed by atoms with van der Waals surface area (Å²) in [5.41, 5.74) is 21.1. The molecule has 0 aliphatic heterocycles. The molecule has 0 aliphatic carbocycles. The lowest BCUT2D eigenvalue weighted by atomic mass is 9.93. The van der Waals surface area contributed by atoms with Crippen LogP contribution >= 0.6 is 0 Å². The maximum atomic E-state index is 6.05. The van der Waals surface area contributed by atoms with Crippen molar-refractivity contribution in [3.05, 3.63) is 57.6 Å². The van der Waals surface area contributed by atoms with Gasteiger partial charge in [-0.15, -0.1) is 0 Å². The summed E-state index contributed by atoms with van der Waals surface area (Å²) < 4.78 is 0. The highest BCUT2D eigenvalue weighted by molar-refractivity contribution is 5.56. The SMILES string of the molecule is Cc1cc(N)c(C)c(Cc2cc(C)c(N)cc2C)c1. The molecule has 2 rings (SSSR count). The minimum atomic E-state index is 0.863. The maximum absolute atomic E-state index is 6.05. The van der Waals surface area contributed by atoms with E-state index < -0.39 is 0 Å². The molecular formula is C17H22N2. The van der Waals surface area contributed by atoms with Crippen molar-refractivity contribution in [2.24, 2.45) is 0 Å². The Balaban J connectivity index is 2.44. The van der Waals surface area contributed by atoms with E-state index in [9.17, 15) is 0 Å². The number of hydrogen-bond acceptors (Lipinski definition) is 2. The van der Waals surface area contributed by atoms with Crippen molar-refractivity contribution < 1.29 is 0 Å². The first-order chi connectivity index (χ1) is 8.88. The molecule has 2 aromatic rings. The summed E-state index contributed by atoms with van der Waals surface area (Å²) in [4.78, 5) is 0. The Morgan fingerprint density at radius 3 is 2.11 bits per heavy atom. The molecule has 0 spiro atoms. The first-order valence-corrected chi connectivity index (χ1v) is 6.59. The molecule has 4 N–H and O–H groups in total. The van der Waals surface area contributed by atoms with Gasteiger partial charge in [-0.3, -0.25) is 0 Å². The van der Waals surface area contributed by atoms with Gasteiger partial charge in [-0.25, -0.2) is 0 Å². The average Bonchev–Trinajstić information content (AvgIpc) is 2.32. The Morgan fingerprint density at radius 1 is 0.737 bits per heavy atom. The topological polar surface area (TPSA) is 52.0 Å². The summed E-state index contributed by atoms with van der Waals surface area (Å²) >= 11 is 0. The average molecular weight is 254 g/mol. The molecule has 2 aromatic carbocycles. The highest BCUT2D eigenvalue weighted by atomic mass is 14.6. The van der Waals surface area contributed by atoms with Gasteiger partial charge >= 0.3 is 0 Å². The first kappa shape index (κ1) is 13.5. The fourth-order valence-electron chi connectivity index (χ4n) is 2.44. The van der Waals surface area contributed by atoms with E-state index in [0.29, 0.717) is 0 Å². The molecule has 0 unspecified atom stereocenters. The second-order valence-corrected chi connectivity index (χ2v) is 5.45. The Kier molecular flexibility index (Phi) is 3.52. The van der Waals surface area contributed by atoms with Crippen LogP contribution in [0.25, 0.3) is 0 Å². The van der Waals surface area contributed by atoms with E-state index in [4.69, 9.17) is 11.5 Å². The van der Waals surface area contributed by atoms with E-state index in [2.05, 4.69) is 45.9 Å². The van der Waals surface area contributed by atoms with E-state index >= 15 is 0 Å². The Bertz CT molecular complexity index is 628. The molecule has 0 radical (unpaired) electrons. The summed E-state index contributed by atoms with van der Waals surface area (Å²) in [5, 5.41) is 0. The van der Waals surface area contributed by atoms with Gasteiger partial charge in [0.05, 0.1) is 0 Å². The molecule has 0 saturated carbocycles. The minimum Gasteiger partial charge on any atom is -0.399 e. The fraction of sp³-hybridized carbons (Fsp3) is 0.294. The lowest BCUT2D eigenvalue weighted by Gasteiger charge is -2.13. The molecule has 0 aromatic heterocycles. The minimum absolute atomic E-state index is 0.863. The third-order valence-electron chi connectivity index (χ3n) is 3.81. The normalized spacial score (nSPS) is 10.7. The first-order valence-electron chi connectivity index (χ1n) is 6.59. The fourth-order valence-corrected chi connectivity index (χ4v) is 2.44. The monoisotopic (exact) mass is 254 g/mol. The van der Waals surface area contributed by atoms with Gasteiger partial charge in [-0.2, -0.15) is 0 Å². The zero-order valence-electron chi connectivity index (χ0n) is 12.2. The van der Waals surface area contributed by atoms with Gasteiger partial charge in [0.25, 0.3) is 0 Å². The van der Waals surface area contributed by atoms with Crippen LogP contribution in [0.4, 0.5) is 11.4 Å². The quantitative estimate of drug-likeness (QED) is 0.803. The second-order valence-electron chi connectivity index (χ2n) is 5.45. The summed E-state index contributed by atoms with van der Waals surface area (Å²) in [5.74, 6) is 0. The Morgan fingerprint density at radius 2 is 1.42 bits per heavy atom. The number of nitrogens with two attached hydrogens (primary N) is 2. The molecule has 19 heavy (non-hydrogen) atoms. The molecule has 2 nitrogen and oxygen atoms in total. The zero-order chi connectivity index (χ0) is 14.2. The Labute approximate surface area is 115 Å². The smallest absolute Gasteiger partial charge is 0.0349 e. The molecule has 0 atom stereocenters. The van der Waals surface area contributed by atoms with Gasteiger partial charge in [-0.05, 0) is 79.6 Å². The molecular weight excluding hydrogens is 232 g/mol. The predicted molar refractivity (Wildman–Crippen MR) is 83.5 cm³/mol. The van der Waals surface area contributed by atoms with Crippen LogP contribution in [-0.2, 0) is 6.42 Å². The van der Waals surface area contributed by atoms with E-state index in [-0.39, 0.29) is 0 Å². The number of hydrogen-bond donors (Lipinski definition) is 2. The zero-order valence-corrected chi connectivity index (χ0v) is 12.2. The third-order valence-corrected chi connectivity index (χ3v) is 3.81. The van der Waals surface area contributed by atoms with Crippen LogP contribution in [-0.4, -0.2) is 0 Å². The maximum Gasteiger partial charge on any atom is 0.0349 e. The Hall–Kier alpha value is -1.96. The molecule has 2 heteroatoms. The number of anilines is 2. The molecule has 0 aliphatic rings. The number of benzene rings is 2. The summed E-state index contributed by atoms with van der Waals surface area (Å²) in [6.07, 6.45) is 0.907. The van der Waals surface area contributed by atoms with Gasteiger partial charge in [0.15, 0.2) is 0 Å². The van der Waals surface area contributed by atoms with Crippen molar-refractivity contribution in [3.8, 4) is 0 Å². The van der Waals surface area contributed by atoms with Crippen LogP contribution in [0, 0.1) is 27.7 Å². The van der Waals surface area contributed by atoms with Gasteiger partial charge in [0.2, 0.25) is 0 Å².